The van der Waals surface area contributed by atoms with Gasteiger partial charge in [-0.25, -0.2) is 9.59 Å². The lowest BCUT2D eigenvalue weighted by atomic mass is 10.1. The lowest BCUT2D eigenvalue weighted by molar-refractivity contribution is -0.232. The molecule has 1 saturated carbocycles. The van der Waals surface area contributed by atoms with Crippen molar-refractivity contribution >= 4 is 68.1 Å². The molecule has 1 aromatic carbocycles. The zero-order valence-corrected chi connectivity index (χ0v) is 17.8. The molecule has 1 spiro atoms. The Hall–Kier alpha value is -1.81. The number of carbonyl (C=O) groups is 2. The van der Waals surface area contributed by atoms with E-state index in [-0.39, 0.29) is 5.57 Å². The molecule has 2 heterocycles. The molecule has 1 saturated heterocycles. The fraction of sp³-hybridized carbons (Fsp3) is 0.263. The van der Waals surface area contributed by atoms with Gasteiger partial charge in [0.1, 0.15) is 11.3 Å². The maximum absolute atomic E-state index is 12.3. The standard InChI is InChI=1S/C19H15BrINO5/c20-15-10-13(25-16(15)22-12-5-3-11(21)4-6-12)9-14-17(23)26-19(27-18(14)24)7-1-2-8-19/h3-6,9-10,22H,1-2,7-8H2. The van der Waals surface area contributed by atoms with Crippen molar-refractivity contribution in [1.82, 2.24) is 0 Å². The first-order valence-corrected chi connectivity index (χ1v) is 10.3. The predicted octanol–water partition coefficient (Wildman–Crippen LogP) is 5.14. The molecule has 1 aliphatic heterocycles. The second-order valence-electron chi connectivity index (χ2n) is 6.41. The van der Waals surface area contributed by atoms with Crippen LogP contribution in [0.3, 0.4) is 0 Å². The third-order valence-corrected chi connectivity index (χ3v) is 5.77. The van der Waals surface area contributed by atoms with E-state index in [9.17, 15) is 9.59 Å². The Morgan fingerprint density at radius 3 is 2.33 bits per heavy atom. The van der Waals surface area contributed by atoms with Gasteiger partial charge in [0, 0.05) is 34.2 Å². The molecule has 2 fully saturated rings. The van der Waals surface area contributed by atoms with E-state index >= 15 is 0 Å². The van der Waals surface area contributed by atoms with Crippen LogP contribution >= 0.6 is 38.5 Å². The van der Waals surface area contributed by atoms with Crippen molar-refractivity contribution in [2.45, 2.75) is 31.5 Å². The number of furan rings is 1. The van der Waals surface area contributed by atoms with Crippen LogP contribution in [0, 0.1) is 3.57 Å². The fourth-order valence-corrected chi connectivity index (χ4v) is 3.90. The minimum atomic E-state index is -1.08. The summed E-state index contributed by atoms with van der Waals surface area (Å²) in [7, 11) is 0. The highest BCUT2D eigenvalue weighted by Gasteiger charge is 2.48. The van der Waals surface area contributed by atoms with Crippen molar-refractivity contribution in [3.8, 4) is 0 Å². The van der Waals surface area contributed by atoms with Crippen LogP contribution in [0.2, 0.25) is 0 Å². The smallest absolute Gasteiger partial charge is 0.349 e. The van der Waals surface area contributed by atoms with Crippen molar-refractivity contribution in [1.29, 1.82) is 0 Å². The van der Waals surface area contributed by atoms with Crippen LogP contribution in [-0.4, -0.2) is 17.7 Å². The van der Waals surface area contributed by atoms with Gasteiger partial charge >= 0.3 is 11.9 Å². The normalized spacial score (nSPS) is 18.4. The third-order valence-electron chi connectivity index (χ3n) is 4.46. The highest BCUT2D eigenvalue weighted by atomic mass is 127. The molecule has 0 bridgehead atoms. The molecule has 1 aromatic heterocycles. The van der Waals surface area contributed by atoms with Gasteiger partial charge in [-0.05, 0) is 75.6 Å². The second-order valence-corrected chi connectivity index (χ2v) is 8.51. The summed E-state index contributed by atoms with van der Waals surface area (Å²) in [6, 6.07) is 9.45. The Morgan fingerprint density at radius 1 is 1.07 bits per heavy atom. The summed E-state index contributed by atoms with van der Waals surface area (Å²) in [5.41, 5.74) is 0.680. The quantitative estimate of drug-likeness (QED) is 0.250. The molecule has 0 unspecified atom stereocenters. The number of anilines is 2. The van der Waals surface area contributed by atoms with E-state index in [2.05, 4.69) is 43.8 Å². The van der Waals surface area contributed by atoms with Crippen LogP contribution < -0.4 is 5.32 Å². The van der Waals surface area contributed by atoms with E-state index < -0.39 is 17.7 Å². The van der Waals surface area contributed by atoms with Crippen molar-refractivity contribution in [3.05, 3.63) is 49.7 Å². The summed E-state index contributed by atoms with van der Waals surface area (Å²) in [6.45, 7) is 0. The number of hydrogen-bond acceptors (Lipinski definition) is 6. The molecule has 27 heavy (non-hydrogen) atoms. The molecule has 0 atom stereocenters. The lowest BCUT2D eigenvalue weighted by Crippen LogP contribution is -2.44. The first-order chi connectivity index (χ1) is 12.9. The number of hydrogen-bond donors (Lipinski definition) is 1. The van der Waals surface area contributed by atoms with Crippen LogP contribution in [0.4, 0.5) is 11.6 Å². The number of esters is 2. The minimum absolute atomic E-state index is 0.172. The van der Waals surface area contributed by atoms with E-state index in [1.807, 2.05) is 24.3 Å². The fourth-order valence-electron chi connectivity index (χ4n) is 3.14. The zero-order chi connectivity index (χ0) is 19.0. The summed E-state index contributed by atoms with van der Waals surface area (Å²) in [6.07, 6.45) is 4.19. The molecule has 0 radical (unpaired) electrons. The summed E-state index contributed by atoms with van der Waals surface area (Å²) >= 11 is 5.64. The third kappa shape index (κ3) is 3.91. The Bertz CT molecular complexity index is 906. The molecule has 8 heteroatoms. The maximum Gasteiger partial charge on any atom is 0.349 e. The van der Waals surface area contributed by atoms with Crippen molar-refractivity contribution in [3.63, 3.8) is 0 Å². The van der Waals surface area contributed by atoms with Gasteiger partial charge in [0.15, 0.2) is 0 Å². The number of benzene rings is 1. The van der Waals surface area contributed by atoms with Gasteiger partial charge in [0.05, 0.1) is 4.47 Å². The van der Waals surface area contributed by atoms with Gasteiger partial charge in [-0.15, -0.1) is 0 Å². The minimum Gasteiger partial charge on any atom is -0.440 e. The molecule has 2 aromatic rings. The number of halogens is 2. The zero-order valence-electron chi connectivity index (χ0n) is 14.1. The SMILES string of the molecule is O=C1OC2(CCCC2)OC(=O)C1=Cc1cc(Br)c(Nc2ccc(I)cc2)o1. The van der Waals surface area contributed by atoms with Gasteiger partial charge in [-0.3, -0.25) is 0 Å². The van der Waals surface area contributed by atoms with Gasteiger partial charge in [-0.1, -0.05) is 0 Å². The number of carbonyl (C=O) groups excluding carboxylic acids is 2. The van der Waals surface area contributed by atoms with Gasteiger partial charge in [0.25, 0.3) is 5.79 Å². The summed E-state index contributed by atoms with van der Waals surface area (Å²) in [5, 5.41) is 3.14. The molecule has 1 aliphatic carbocycles. The Morgan fingerprint density at radius 2 is 1.70 bits per heavy atom. The predicted molar refractivity (Wildman–Crippen MR) is 110 cm³/mol. The van der Waals surface area contributed by atoms with Crippen molar-refractivity contribution in [2.24, 2.45) is 0 Å². The number of rotatable bonds is 3. The Labute approximate surface area is 177 Å². The molecule has 4 rings (SSSR count). The highest BCUT2D eigenvalue weighted by Crippen LogP contribution is 2.39. The molecular formula is C19H15BrINO5. The second kappa shape index (κ2) is 7.31. The first kappa shape index (κ1) is 18.5. The molecule has 2 aliphatic rings. The van der Waals surface area contributed by atoms with Gasteiger partial charge < -0.3 is 19.2 Å². The van der Waals surface area contributed by atoms with Gasteiger partial charge in [-0.2, -0.15) is 0 Å². The van der Waals surface area contributed by atoms with E-state index in [0.717, 1.165) is 22.1 Å². The van der Waals surface area contributed by atoms with Crippen LogP contribution in [-0.2, 0) is 19.1 Å². The number of ether oxygens (including phenoxy) is 2. The van der Waals surface area contributed by atoms with E-state index in [4.69, 9.17) is 13.9 Å². The highest BCUT2D eigenvalue weighted by molar-refractivity contribution is 14.1. The van der Waals surface area contributed by atoms with Crippen molar-refractivity contribution in [2.75, 3.05) is 5.32 Å². The average molecular weight is 544 g/mol. The molecule has 0 amide bonds. The van der Waals surface area contributed by atoms with E-state index in [1.165, 1.54) is 6.08 Å². The van der Waals surface area contributed by atoms with Crippen LogP contribution in [0.1, 0.15) is 31.4 Å². The molecule has 140 valence electrons. The topological polar surface area (TPSA) is 77.8 Å². The summed E-state index contributed by atoms with van der Waals surface area (Å²) in [5.74, 6) is -1.62. The van der Waals surface area contributed by atoms with Crippen LogP contribution in [0.25, 0.3) is 6.08 Å². The molecule has 1 N–H and O–H groups in total. The maximum atomic E-state index is 12.3. The molecular weight excluding hydrogens is 529 g/mol. The average Bonchev–Trinajstić information content (AvgIpc) is 3.20. The Balaban J connectivity index is 1.54. The van der Waals surface area contributed by atoms with Crippen molar-refractivity contribution < 1.29 is 23.5 Å². The molecule has 6 nitrogen and oxygen atoms in total. The summed E-state index contributed by atoms with van der Waals surface area (Å²) in [4.78, 5) is 24.6. The number of nitrogens with one attached hydrogen (secondary N) is 1. The van der Waals surface area contributed by atoms with Gasteiger partial charge in [0.2, 0.25) is 5.88 Å². The summed E-state index contributed by atoms with van der Waals surface area (Å²) < 4.78 is 18.3. The first-order valence-electron chi connectivity index (χ1n) is 8.44. The van der Waals surface area contributed by atoms with Crippen LogP contribution in [0.5, 0.6) is 0 Å². The van der Waals surface area contributed by atoms with E-state index in [0.29, 0.717) is 29.0 Å². The Kier molecular flexibility index (Phi) is 5.02. The lowest BCUT2D eigenvalue weighted by Gasteiger charge is -2.32. The monoisotopic (exact) mass is 543 g/mol. The largest absolute Gasteiger partial charge is 0.440 e. The van der Waals surface area contributed by atoms with E-state index in [1.54, 1.807) is 6.07 Å². The van der Waals surface area contributed by atoms with Crippen LogP contribution in [0.15, 0.2) is 44.8 Å².